The Morgan fingerprint density at radius 2 is 1.84 bits per heavy atom. The predicted molar refractivity (Wildman–Crippen MR) is 76.8 cm³/mol. The fourth-order valence-electron chi connectivity index (χ4n) is 1.64. The molecule has 0 saturated heterocycles. The van der Waals surface area contributed by atoms with E-state index in [1.165, 1.54) is 6.07 Å². The van der Waals surface area contributed by atoms with E-state index in [1.54, 1.807) is 25.1 Å². The quantitative estimate of drug-likeness (QED) is 0.843. The molecule has 0 saturated carbocycles. The molecule has 2 aromatic carbocycles. The number of rotatable bonds is 3. The monoisotopic (exact) mass is 321 g/mol. The van der Waals surface area contributed by atoms with Gasteiger partial charge in [0.25, 0.3) is 0 Å². The molecule has 2 aromatic rings. The standard InChI is InChI=1S/C14H12BrNO3/c1-8-6-11(7-12(13(8)16)14(17)18)19-10-4-2-9(15)3-5-10/h2-7H,16H2,1H3,(H,17,18). The van der Waals surface area contributed by atoms with Crippen LogP contribution in [0, 0.1) is 6.92 Å². The minimum Gasteiger partial charge on any atom is -0.478 e. The lowest BCUT2D eigenvalue weighted by Crippen LogP contribution is -2.04. The summed E-state index contributed by atoms with van der Waals surface area (Å²) >= 11 is 3.33. The Bertz CT molecular complexity index is 623. The Morgan fingerprint density at radius 3 is 2.42 bits per heavy atom. The number of nitrogens with two attached hydrogens (primary N) is 1. The molecule has 0 heterocycles. The molecular formula is C14H12BrNO3. The summed E-state index contributed by atoms with van der Waals surface area (Å²) in [5.74, 6) is 0.0111. The topological polar surface area (TPSA) is 72.5 Å². The summed E-state index contributed by atoms with van der Waals surface area (Å²) in [5, 5.41) is 9.08. The van der Waals surface area contributed by atoms with E-state index in [2.05, 4.69) is 15.9 Å². The predicted octanol–water partition coefficient (Wildman–Crippen LogP) is 3.83. The van der Waals surface area contributed by atoms with E-state index in [4.69, 9.17) is 15.6 Å². The number of hydrogen-bond acceptors (Lipinski definition) is 3. The summed E-state index contributed by atoms with van der Waals surface area (Å²) in [7, 11) is 0. The Labute approximate surface area is 118 Å². The summed E-state index contributed by atoms with van der Waals surface area (Å²) in [6, 6.07) is 10.4. The summed E-state index contributed by atoms with van der Waals surface area (Å²) in [5.41, 5.74) is 6.70. The Morgan fingerprint density at radius 1 is 1.21 bits per heavy atom. The van der Waals surface area contributed by atoms with Crippen molar-refractivity contribution in [2.24, 2.45) is 0 Å². The number of aryl methyl sites for hydroxylation is 1. The average Bonchev–Trinajstić information content (AvgIpc) is 2.36. The zero-order chi connectivity index (χ0) is 14.0. The van der Waals surface area contributed by atoms with Gasteiger partial charge >= 0.3 is 5.97 Å². The molecule has 0 atom stereocenters. The number of benzene rings is 2. The van der Waals surface area contributed by atoms with E-state index in [1.807, 2.05) is 12.1 Å². The van der Waals surface area contributed by atoms with Gasteiger partial charge in [-0.2, -0.15) is 0 Å². The van der Waals surface area contributed by atoms with Crippen molar-refractivity contribution in [1.29, 1.82) is 0 Å². The number of ether oxygens (including phenoxy) is 1. The summed E-state index contributed by atoms with van der Waals surface area (Å²) in [4.78, 5) is 11.1. The van der Waals surface area contributed by atoms with E-state index in [0.717, 1.165) is 4.47 Å². The first-order valence-electron chi connectivity index (χ1n) is 5.54. The number of carbonyl (C=O) groups is 1. The lowest BCUT2D eigenvalue weighted by Gasteiger charge is -2.10. The van der Waals surface area contributed by atoms with Crippen LogP contribution in [0.1, 0.15) is 15.9 Å². The van der Waals surface area contributed by atoms with Crippen molar-refractivity contribution < 1.29 is 14.6 Å². The molecule has 4 nitrogen and oxygen atoms in total. The summed E-state index contributed by atoms with van der Waals surface area (Å²) in [6.45, 7) is 1.75. The molecule has 0 radical (unpaired) electrons. The molecule has 0 amide bonds. The molecule has 5 heteroatoms. The second kappa shape index (κ2) is 5.32. The van der Waals surface area contributed by atoms with Crippen LogP contribution in [0.15, 0.2) is 40.9 Å². The molecule has 98 valence electrons. The number of carboxylic acids is 1. The van der Waals surface area contributed by atoms with Crippen LogP contribution in [0.3, 0.4) is 0 Å². The SMILES string of the molecule is Cc1cc(Oc2ccc(Br)cc2)cc(C(=O)O)c1N. The van der Waals surface area contributed by atoms with E-state index < -0.39 is 5.97 Å². The van der Waals surface area contributed by atoms with Crippen molar-refractivity contribution in [2.45, 2.75) is 6.92 Å². The first-order valence-corrected chi connectivity index (χ1v) is 6.33. The molecule has 0 aromatic heterocycles. The fraction of sp³-hybridized carbons (Fsp3) is 0.0714. The van der Waals surface area contributed by atoms with Gasteiger partial charge in [0.2, 0.25) is 0 Å². The van der Waals surface area contributed by atoms with Gasteiger partial charge in [0.05, 0.1) is 5.56 Å². The minimum absolute atomic E-state index is 0.0483. The number of anilines is 1. The molecule has 0 aliphatic rings. The van der Waals surface area contributed by atoms with Crippen molar-refractivity contribution in [3.63, 3.8) is 0 Å². The zero-order valence-corrected chi connectivity index (χ0v) is 11.8. The second-order valence-electron chi connectivity index (χ2n) is 4.06. The third-order valence-electron chi connectivity index (χ3n) is 2.64. The van der Waals surface area contributed by atoms with Gasteiger partial charge < -0.3 is 15.6 Å². The van der Waals surface area contributed by atoms with Crippen LogP contribution in [0.5, 0.6) is 11.5 Å². The molecule has 0 aliphatic heterocycles. The average molecular weight is 322 g/mol. The Hall–Kier alpha value is -2.01. The molecule has 2 rings (SSSR count). The maximum Gasteiger partial charge on any atom is 0.337 e. The van der Waals surface area contributed by atoms with E-state index in [0.29, 0.717) is 17.1 Å². The van der Waals surface area contributed by atoms with Gasteiger partial charge in [-0.15, -0.1) is 0 Å². The van der Waals surface area contributed by atoms with Crippen LogP contribution in [0.4, 0.5) is 5.69 Å². The lowest BCUT2D eigenvalue weighted by atomic mass is 10.1. The van der Waals surface area contributed by atoms with Gasteiger partial charge in [-0.1, -0.05) is 15.9 Å². The van der Waals surface area contributed by atoms with Crippen LogP contribution in [-0.4, -0.2) is 11.1 Å². The summed E-state index contributed by atoms with van der Waals surface area (Å²) in [6.07, 6.45) is 0. The number of nitrogen functional groups attached to an aromatic ring is 1. The van der Waals surface area contributed by atoms with Crippen molar-refractivity contribution in [1.82, 2.24) is 0 Å². The third kappa shape index (κ3) is 3.06. The first-order chi connectivity index (χ1) is 8.97. The van der Waals surface area contributed by atoms with Crippen molar-refractivity contribution in [3.05, 3.63) is 52.0 Å². The largest absolute Gasteiger partial charge is 0.478 e. The second-order valence-corrected chi connectivity index (χ2v) is 4.98. The molecule has 0 unspecified atom stereocenters. The van der Waals surface area contributed by atoms with Gasteiger partial charge in [0, 0.05) is 10.2 Å². The smallest absolute Gasteiger partial charge is 0.337 e. The third-order valence-corrected chi connectivity index (χ3v) is 3.17. The maximum absolute atomic E-state index is 11.1. The maximum atomic E-state index is 11.1. The van der Waals surface area contributed by atoms with Gasteiger partial charge in [-0.3, -0.25) is 0 Å². The molecule has 0 fully saturated rings. The van der Waals surface area contributed by atoms with E-state index in [9.17, 15) is 4.79 Å². The first kappa shape index (κ1) is 13.4. The number of carboxylic acid groups (broad SMARTS) is 1. The van der Waals surface area contributed by atoms with Gasteiger partial charge in [0.15, 0.2) is 0 Å². The van der Waals surface area contributed by atoms with Gasteiger partial charge in [-0.05, 0) is 48.9 Å². The highest BCUT2D eigenvalue weighted by atomic mass is 79.9. The fourth-order valence-corrected chi connectivity index (χ4v) is 1.90. The molecule has 3 N–H and O–H groups in total. The Balaban J connectivity index is 2.35. The van der Waals surface area contributed by atoms with Gasteiger partial charge in [-0.25, -0.2) is 4.79 Å². The highest BCUT2D eigenvalue weighted by Crippen LogP contribution is 2.28. The molecule has 0 bridgehead atoms. The normalized spacial score (nSPS) is 10.2. The van der Waals surface area contributed by atoms with Crippen LogP contribution in [-0.2, 0) is 0 Å². The van der Waals surface area contributed by atoms with Crippen LogP contribution >= 0.6 is 15.9 Å². The van der Waals surface area contributed by atoms with E-state index >= 15 is 0 Å². The van der Waals surface area contributed by atoms with Crippen LogP contribution < -0.4 is 10.5 Å². The highest BCUT2D eigenvalue weighted by Gasteiger charge is 2.12. The van der Waals surface area contributed by atoms with E-state index in [-0.39, 0.29) is 11.3 Å². The zero-order valence-electron chi connectivity index (χ0n) is 10.2. The molecule has 0 aliphatic carbocycles. The molecule has 0 spiro atoms. The van der Waals surface area contributed by atoms with Crippen molar-refractivity contribution >= 4 is 27.6 Å². The highest BCUT2D eigenvalue weighted by molar-refractivity contribution is 9.10. The minimum atomic E-state index is -1.07. The van der Waals surface area contributed by atoms with Gasteiger partial charge in [0.1, 0.15) is 11.5 Å². The van der Waals surface area contributed by atoms with Crippen molar-refractivity contribution in [2.75, 3.05) is 5.73 Å². The van der Waals surface area contributed by atoms with Crippen LogP contribution in [0.25, 0.3) is 0 Å². The number of hydrogen-bond donors (Lipinski definition) is 2. The Kier molecular flexibility index (Phi) is 3.76. The molecular weight excluding hydrogens is 310 g/mol. The molecule has 19 heavy (non-hydrogen) atoms. The summed E-state index contributed by atoms with van der Waals surface area (Å²) < 4.78 is 6.56. The van der Waals surface area contributed by atoms with Crippen LogP contribution in [0.2, 0.25) is 0 Å². The number of aromatic carboxylic acids is 1. The van der Waals surface area contributed by atoms with Crippen molar-refractivity contribution in [3.8, 4) is 11.5 Å². The number of halogens is 1. The lowest BCUT2D eigenvalue weighted by molar-refractivity contribution is 0.0697.